The Kier molecular flexibility index (Phi) is 5.79. The van der Waals surface area contributed by atoms with Crippen LogP contribution in [-0.2, 0) is 18.5 Å². The molecule has 0 amide bonds. The lowest BCUT2D eigenvalue weighted by Crippen LogP contribution is -2.52. The van der Waals surface area contributed by atoms with Crippen molar-refractivity contribution in [2.45, 2.75) is 46.2 Å². The maximum atomic E-state index is 5.34. The van der Waals surface area contributed by atoms with Gasteiger partial charge < -0.3 is 19.3 Å². The van der Waals surface area contributed by atoms with Crippen LogP contribution in [0.5, 0.6) is 0 Å². The van der Waals surface area contributed by atoms with Crippen molar-refractivity contribution in [3.63, 3.8) is 0 Å². The summed E-state index contributed by atoms with van der Waals surface area (Å²) in [6.45, 7) is 13.1. The molecule has 0 aromatic carbocycles. The molecule has 1 N–H and O–H groups in total. The van der Waals surface area contributed by atoms with Gasteiger partial charge in [0.1, 0.15) is 5.76 Å². The SMILES string of the molecule is CN=C(NCc1noc(C(C)(C)C)n1)N1CCN(Cc2cc(C)on2)CC1. The summed E-state index contributed by atoms with van der Waals surface area (Å²) in [5, 5.41) is 11.5. The van der Waals surface area contributed by atoms with Crippen LogP contribution >= 0.6 is 0 Å². The predicted octanol–water partition coefficient (Wildman–Crippen LogP) is 1.56. The molecule has 0 radical (unpaired) electrons. The Bertz CT molecular complexity index is 767. The fraction of sp³-hybridized carbons (Fsp3) is 0.667. The van der Waals surface area contributed by atoms with Gasteiger partial charge in [-0.15, -0.1) is 0 Å². The summed E-state index contributed by atoms with van der Waals surface area (Å²) in [5.41, 5.74) is 0.834. The Hall–Kier alpha value is -2.42. The van der Waals surface area contributed by atoms with E-state index in [1.807, 2.05) is 13.0 Å². The third-order valence-corrected chi connectivity index (χ3v) is 4.46. The molecular weight excluding hydrogens is 346 g/mol. The largest absolute Gasteiger partial charge is 0.361 e. The van der Waals surface area contributed by atoms with Gasteiger partial charge in [-0.2, -0.15) is 4.98 Å². The number of hydrogen-bond donors (Lipinski definition) is 1. The molecule has 1 saturated heterocycles. The van der Waals surface area contributed by atoms with Gasteiger partial charge in [-0.25, -0.2) is 0 Å². The van der Waals surface area contributed by atoms with Gasteiger partial charge in [-0.1, -0.05) is 31.1 Å². The monoisotopic (exact) mass is 375 g/mol. The van der Waals surface area contributed by atoms with Crippen LogP contribution in [-0.4, -0.2) is 64.3 Å². The third-order valence-electron chi connectivity index (χ3n) is 4.46. The summed E-state index contributed by atoms with van der Waals surface area (Å²) < 4.78 is 10.5. The van der Waals surface area contributed by atoms with E-state index in [0.717, 1.165) is 50.1 Å². The van der Waals surface area contributed by atoms with Crippen molar-refractivity contribution in [3.8, 4) is 0 Å². The van der Waals surface area contributed by atoms with Gasteiger partial charge in [0.05, 0.1) is 12.2 Å². The predicted molar refractivity (Wildman–Crippen MR) is 101 cm³/mol. The van der Waals surface area contributed by atoms with Gasteiger partial charge >= 0.3 is 0 Å². The van der Waals surface area contributed by atoms with Crippen molar-refractivity contribution in [2.24, 2.45) is 4.99 Å². The number of piperazine rings is 1. The zero-order valence-corrected chi connectivity index (χ0v) is 16.8. The first kappa shape index (κ1) is 19.3. The lowest BCUT2D eigenvalue weighted by Gasteiger charge is -2.36. The van der Waals surface area contributed by atoms with Crippen molar-refractivity contribution in [1.29, 1.82) is 0 Å². The Morgan fingerprint density at radius 2 is 1.93 bits per heavy atom. The molecule has 1 aliphatic rings. The maximum Gasteiger partial charge on any atom is 0.232 e. The number of guanidine groups is 1. The van der Waals surface area contributed by atoms with Crippen LogP contribution in [0.15, 0.2) is 20.1 Å². The van der Waals surface area contributed by atoms with Crippen molar-refractivity contribution in [3.05, 3.63) is 29.2 Å². The van der Waals surface area contributed by atoms with E-state index >= 15 is 0 Å². The van der Waals surface area contributed by atoms with Crippen molar-refractivity contribution in [1.82, 2.24) is 30.4 Å². The smallest absolute Gasteiger partial charge is 0.232 e. The molecule has 0 spiro atoms. The normalized spacial score (nSPS) is 16.8. The highest BCUT2D eigenvalue weighted by Gasteiger charge is 2.23. The van der Waals surface area contributed by atoms with Crippen molar-refractivity contribution in [2.75, 3.05) is 33.2 Å². The molecule has 3 rings (SSSR count). The third kappa shape index (κ3) is 5.06. The van der Waals surface area contributed by atoms with E-state index in [0.29, 0.717) is 18.3 Å². The van der Waals surface area contributed by atoms with Gasteiger partial charge in [0.25, 0.3) is 0 Å². The van der Waals surface area contributed by atoms with Gasteiger partial charge in [0.15, 0.2) is 11.8 Å². The fourth-order valence-electron chi connectivity index (χ4n) is 2.96. The maximum absolute atomic E-state index is 5.34. The first-order valence-corrected chi connectivity index (χ1v) is 9.28. The molecule has 27 heavy (non-hydrogen) atoms. The number of nitrogens with one attached hydrogen (secondary N) is 1. The minimum absolute atomic E-state index is 0.147. The summed E-state index contributed by atoms with van der Waals surface area (Å²) >= 11 is 0. The fourth-order valence-corrected chi connectivity index (χ4v) is 2.96. The van der Waals surface area contributed by atoms with Crippen molar-refractivity contribution >= 4 is 5.96 Å². The number of aromatic nitrogens is 3. The molecule has 2 aromatic rings. The summed E-state index contributed by atoms with van der Waals surface area (Å²) in [6.07, 6.45) is 0. The Morgan fingerprint density at radius 3 is 2.48 bits per heavy atom. The molecule has 0 atom stereocenters. The molecule has 1 fully saturated rings. The second-order valence-corrected chi connectivity index (χ2v) is 7.86. The van der Waals surface area contributed by atoms with Crippen LogP contribution < -0.4 is 5.32 Å². The van der Waals surface area contributed by atoms with Crippen LogP contribution in [0.1, 0.15) is 43.9 Å². The number of aliphatic imine (C=N–C) groups is 1. The highest BCUT2D eigenvalue weighted by molar-refractivity contribution is 5.79. The summed E-state index contributed by atoms with van der Waals surface area (Å²) in [7, 11) is 1.80. The number of hydrogen-bond acceptors (Lipinski definition) is 7. The number of nitrogens with zero attached hydrogens (tertiary/aromatic N) is 6. The quantitative estimate of drug-likeness (QED) is 0.635. The standard InChI is InChI=1S/C18H29N7O2/c1-13-10-14(22-26-13)12-24-6-8-25(9-7-24)17(19-5)20-11-15-21-16(27-23-15)18(2,3)4/h10H,6-9,11-12H2,1-5H3,(H,19,20). The number of rotatable bonds is 4. The highest BCUT2D eigenvalue weighted by Crippen LogP contribution is 2.19. The summed E-state index contributed by atoms with van der Waals surface area (Å²) in [5.74, 6) is 2.99. The second-order valence-electron chi connectivity index (χ2n) is 7.86. The Balaban J connectivity index is 1.48. The molecule has 9 heteroatoms. The second kappa shape index (κ2) is 8.08. The topological polar surface area (TPSA) is 95.8 Å². The van der Waals surface area contributed by atoms with Crippen LogP contribution in [0.3, 0.4) is 0 Å². The molecule has 3 heterocycles. The highest BCUT2D eigenvalue weighted by atomic mass is 16.5. The minimum Gasteiger partial charge on any atom is -0.361 e. The molecule has 0 saturated carbocycles. The van der Waals surface area contributed by atoms with Gasteiger partial charge in [-0.3, -0.25) is 9.89 Å². The first-order valence-electron chi connectivity index (χ1n) is 9.28. The van der Waals surface area contributed by atoms with Crippen LogP contribution in [0.2, 0.25) is 0 Å². The van der Waals surface area contributed by atoms with E-state index in [9.17, 15) is 0 Å². The van der Waals surface area contributed by atoms with E-state index in [2.05, 4.69) is 56.2 Å². The minimum atomic E-state index is -0.147. The first-order chi connectivity index (χ1) is 12.8. The summed E-state index contributed by atoms with van der Waals surface area (Å²) in [6, 6.07) is 1.99. The molecule has 2 aromatic heterocycles. The van der Waals surface area contributed by atoms with E-state index in [1.165, 1.54) is 0 Å². The Morgan fingerprint density at radius 1 is 1.19 bits per heavy atom. The van der Waals surface area contributed by atoms with E-state index in [-0.39, 0.29) is 5.41 Å². The summed E-state index contributed by atoms with van der Waals surface area (Å²) in [4.78, 5) is 13.5. The van der Waals surface area contributed by atoms with E-state index in [1.54, 1.807) is 7.05 Å². The van der Waals surface area contributed by atoms with E-state index < -0.39 is 0 Å². The average Bonchev–Trinajstić information content (AvgIpc) is 3.26. The van der Waals surface area contributed by atoms with Crippen LogP contribution in [0.25, 0.3) is 0 Å². The lowest BCUT2D eigenvalue weighted by atomic mass is 9.97. The van der Waals surface area contributed by atoms with Gasteiger partial charge in [0.2, 0.25) is 5.89 Å². The zero-order chi connectivity index (χ0) is 19.4. The number of aryl methyl sites for hydroxylation is 1. The molecule has 9 nitrogen and oxygen atoms in total. The van der Waals surface area contributed by atoms with Crippen LogP contribution in [0, 0.1) is 6.92 Å². The lowest BCUT2D eigenvalue weighted by molar-refractivity contribution is 0.169. The van der Waals surface area contributed by atoms with E-state index in [4.69, 9.17) is 9.05 Å². The molecule has 0 unspecified atom stereocenters. The van der Waals surface area contributed by atoms with Gasteiger partial charge in [-0.05, 0) is 6.92 Å². The average molecular weight is 375 g/mol. The zero-order valence-electron chi connectivity index (χ0n) is 16.8. The van der Waals surface area contributed by atoms with Crippen LogP contribution in [0.4, 0.5) is 0 Å². The van der Waals surface area contributed by atoms with Crippen molar-refractivity contribution < 1.29 is 9.05 Å². The molecule has 148 valence electrons. The Labute approximate surface area is 159 Å². The molecule has 0 aliphatic carbocycles. The molecule has 0 bridgehead atoms. The molecule has 1 aliphatic heterocycles. The molecular formula is C18H29N7O2. The van der Waals surface area contributed by atoms with Gasteiger partial charge in [0, 0.05) is 51.3 Å².